The van der Waals surface area contributed by atoms with Crippen molar-refractivity contribution in [3.05, 3.63) is 23.9 Å². The lowest BCUT2D eigenvalue weighted by Crippen LogP contribution is -2.35. The van der Waals surface area contributed by atoms with E-state index in [1.807, 2.05) is 20.2 Å². The minimum absolute atomic E-state index is 0.129. The molecule has 0 fully saturated rings. The van der Waals surface area contributed by atoms with Gasteiger partial charge in [-0.25, -0.2) is 4.98 Å². The van der Waals surface area contributed by atoms with Gasteiger partial charge in [0.25, 0.3) is 0 Å². The number of likely N-dealkylation sites (N-methyl/N-ethyl adjacent to an activating group) is 1. The van der Waals surface area contributed by atoms with E-state index in [4.69, 9.17) is 4.74 Å². The smallest absolute Gasteiger partial charge is 0.128 e. The van der Waals surface area contributed by atoms with E-state index in [0.717, 1.165) is 32.1 Å². The number of pyridine rings is 1. The van der Waals surface area contributed by atoms with Crippen LogP contribution in [0.4, 0.5) is 5.82 Å². The van der Waals surface area contributed by atoms with Gasteiger partial charge in [0.1, 0.15) is 5.82 Å². The Bertz CT molecular complexity index is 374. The van der Waals surface area contributed by atoms with Gasteiger partial charge in [-0.2, -0.15) is 0 Å². The zero-order valence-corrected chi connectivity index (χ0v) is 12.9. The Kier molecular flexibility index (Phi) is 6.25. The third kappa shape index (κ3) is 6.55. The first-order valence-corrected chi connectivity index (χ1v) is 6.91. The van der Waals surface area contributed by atoms with Gasteiger partial charge in [-0.3, -0.25) is 0 Å². The zero-order chi connectivity index (χ0) is 14.3. The van der Waals surface area contributed by atoms with Crippen LogP contribution in [0.3, 0.4) is 0 Å². The van der Waals surface area contributed by atoms with E-state index in [-0.39, 0.29) is 5.54 Å². The first-order valence-electron chi connectivity index (χ1n) is 6.91. The molecule has 0 saturated heterocycles. The van der Waals surface area contributed by atoms with Crippen molar-refractivity contribution in [3.8, 4) is 0 Å². The Morgan fingerprint density at radius 3 is 2.74 bits per heavy atom. The molecule has 108 valence electrons. The first kappa shape index (κ1) is 15.9. The second kappa shape index (κ2) is 7.46. The Labute approximate surface area is 117 Å². The van der Waals surface area contributed by atoms with Crippen molar-refractivity contribution in [2.75, 3.05) is 31.7 Å². The maximum Gasteiger partial charge on any atom is 0.128 e. The van der Waals surface area contributed by atoms with Crippen molar-refractivity contribution in [2.45, 2.75) is 39.8 Å². The lowest BCUT2D eigenvalue weighted by molar-refractivity contribution is 0.154. The summed E-state index contributed by atoms with van der Waals surface area (Å²) in [7, 11) is 2.04. The van der Waals surface area contributed by atoms with Gasteiger partial charge in [0, 0.05) is 38.5 Å². The quantitative estimate of drug-likeness (QED) is 0.768. The molecule has 1 aromatic rings. The third-order valence-corrected chi connectivity index (χ3v) is 2.80. The van der Waals surface area contributed by atoms with E-state index in [0.29, 0.717) is 0 Å². The molecule has 0 aliphatic carbocycles. The molecule has 0 saturated carbocycles. The molecular formula is C15H27N3O. The standard InChI is InChI=1S/C15H27N3O/c1-6-19-10-9-18(5)14-11-13(7-8-16-14)12-17-15(2,3)4/h7-8,11,17H,6,9-10,12H2,1-5H3. The van der Waals surface area contributed by atoms with Gasteiger partial charge in [-0.15, -0.1) is 0 Å². The fourth-order valence-electron chi connectivity index (χ4n) is 1.61. The average Bonchev–Trinajstić information content (AvgIpc) is 2.36. The Morgan fingerprint density at radius 2 is 2.11 bits per heavy atom. The van der Waals surface area contributed by atoms with Gasteiger partial charge in [0.15, 0.2) is 0 Å². The molecule has 0 spiro atoms. The molecule has 0 unspecified atom stereocenters. The Morgan fingerprint density at radius 1 is 1.37 bits per heavy atom. The molecule has 4 nitrogen and oxygen atoms in total. The normalized spacial score (nSPS) is 11.6. The second-order valence-electron chi connectivity index (χ2n) is 5.74. The van der Waals surface area contributed by atoms with Crippen LogP contribution in [0.15, 0.2) is 18.3 Å². The molecule has 0 atom stereocenters. The van der Waals surface area contributed by atoms with Crippen LogP contribution in [0, 0.1) is 0 Å². The number of rotatable bonds is 7. The molecule has 0 aliphatic heterocycles. The predicted molar refractivity (Wildman–Crippen MR) is 80.6 cm³/mol. The van der Waals surface area contributed by atoms with Crippen LogP contribution in [-0.2, 0) is 11.3 Å². The summed E-state index contributed by atoms with van der Waals surface area (Å²) in [6.07, 6.45) is 1.87. The summed E-state index contributed by atoms with van der Waals surface area (Å²) in [6, 6.07) is 4.18. The van der Waals surface area contributed by atoms with Crippen LogP contribution in [-0.4, -0.2) is 37.3 Å². The number of ether oxygens (including phenoxy) is 1. The van der Waals surface area contributed by atoms with E-state index in [1.54, 1.807) is 0 Å². The van der Waals surface area contributed by atoms with Crippen LogP contribution in [0.1, 0.15) is 33.3 Å². The Hall–Kier alpha value is -1.13. The molecule has 1 heterocycles. The number of hydrogen-bond acceptors (Lipinski definition) is 4. The summed E-state index contributed by atoms with van der Waals surface area (Å²) in [5.74, 6) is 0.993. The highest BCUT2D eigenvalue weighted by Gasteiger charge is 2.09. The number of nitrogens with one attached hydrogen (secondary N) is 1. The minimum Gasteiger partial charge on any atom is -0.380 e. The summed E-state index contributed by atoms with van der Waals surface area (Å²) < 4.78 is 5.37. The predicted octanol–water partition coefficient (Wildman–Crippen LogP) is 2.44. The summed E-state index contributed by atoms with van der Waals surface area (Å²) in [5.41, 5.74) is 1.38. The maximum atomic E-state index is 5.37. The summed E-state index contributed by atoms with van der Waals surface area (Å²) in [4.78, 5) is 6.53. The minimum atomic E-state index is 0.129. The lowest BCUT2D eigenvalue weighted by Gasteiger charge is -2.22. The molecular weight excluding hydrogens is 238 g/mol. The first-order chi connectivity index (χ1) is 8.92. The van der Waals surface area contributed by atoms with E-state index in [1.165, 1.54) is 5.56 Å². The number of aromatic nitrogens is 1. The van der Waals surface area contributed by atoms with Gasteiger partial charge in [-0.1, -0.05) is 0 Å². The molecule has 0 radical (unpaired) electrons. The van der Waals surface area contributed by atoms with Crippen molar-refractivity contribution in [3.63, 3.8) is 0 Å². The van der Waals surface area contributed by atoms with Gasteiger partial charge in [-0.05, 0) is 45.4 Å². The van der Waals surface area contributed by atoms with Gasteiger partial charge >= 0.3 is 0 Å². The highest BCUT2D eigenvalue weighted by Crippen LogP contribution is 2.12. The molecule has 0 amide bonds. The fraction of sp³-hybridized carbons (Fsp3) is 0.667. The third-order valence-electron chi connectivity index (χ3n) is 2.80. The molecule has 0 aromatic carbocycles. The Balaban J connectivity index is 2.56. The molecule has 0 aliphatic rings. The largest absolute Gasteiger partial charge is 0.380 e. The summed E-state index contributed by atoms with van der Waals surface area (Å²) in [5, 5.41) is 3.49. The van der Waals surface area contributed by atoms with Crippen LogP contribution < -0.4 is 10.2 Å². The zero-order valence-electron chi connectivity index (χ0n) is 12.9. The van der Waals surface area contributed by atoms with Crippen molar-refractivity contribution < 1.29 is 4.74 Å². The lowest BCUT2D eigenvalue weighted by atomic mass is 10.1. The summed E-state index contributed by atoms with van der Waals surface area (Å²) >= 11 is 0. The van der Waals surface area contributed by atoms with E-state index in [9.17, 15) is 0 Å². The van der Waals surface area contributed by atoms with Crippen molar-refractivity contribution in [1.29, 1.82) is 0 Å². The van der Waals surface area contributed by atoms with Crippen LogP contribution in [0.2, 0.25) is 0 Å². The van der Waals surface area contributed by atoms with Gasteiger partial charge < -0.3 is 15.0 Å². The molecule has 0 bridgehead atoms. The molecule has 1 N–H and O–H groups in total. The van der Waals surface area contributed by atoms with Crippen molar-refractivity contribution >= 4 is 5.82 Å². The topological polar surface area (TPSA) is 37.4 Å². The molecule has 4 heteroatoms. The van der Waals surface area contributed by atoms with Crippen LogP contribution >= 0.6 is 0 Å². The van der Waals surface area contributed by atoms with E-state index < -0.39 is 0 Å². The highest BCUT2D eigenvalue weighted by atomic mass is 16.5. The van der Waals surface area contributed by atoms with Crippen molar-refractivity contribution in [1.82, 2.24) is 10.3 Å². The monoisotopic (exact) mass is 265 g/mol. The molecule has 1 rings (SSSR count). The maximum absolute atomic E-state index is 5.37. The molecule has 1 aromatic heterocycles. The van der Waals surface area contributed by atoms with Gasteiger partial charge in [0.05, 0.1) is 6.61 Å². The van der Waals surface area contributed by atoms with Crippen molar-refractivity contribution in [2.24, 2.45) is 0 Å². The number of nitrogens with zero attached hydrogens (tertiary/aromatic N) is 2. The fourth-order valence-corrected chi connectivity index (χ4v) is 1.61. The number of hydrogen-bond donors (Lipinski definition) is 1. The summed E-state index contributed by atoms with van der Waals surface area (Å²) in [6.45, 7) is 11.7. The van der Waals surface area contributed by atoms with Gasteiger partial charge in [0.2, 0.25) is 0 Å². The van der Waals surface area contributed by atoms with E-state index in [2.05, 4.69) is 48.1 Å². The average molecular weight is 265 g/mol. The van der Waals surface area contributed by atoms with Crippen LogP contribution in [0.5, 0.6) is 0 Å². The second-order valence-corrected chi connectivity index (χ2v) is 5.74. The molecule has 19 heavy (non-hydrogen) atoms. The SMILES string of the molecule is CCOCCN(C)c1cc(CNC(C)(C)C)ccn1. The van der Waals surface area contributed by atoms with Crippen LogP contribution in [0.25, 0.3) is 0 Å². The van der Waals surface area contributed by atoms with E-state index >= 15 is 0 Å². The number of anilines is 1. The highest BCUT2D eigenvalue weighted by molar-refractivity contribution is 5.40.